The fourth-order valence-electron chi connectivity index (χ4n) is 2.90. The molecule has 0 spiro atoms. The number of nitrogens with one attached hydrogen (secondary N) is 1. The number of alkyl halides is 3. The number of aromatic nitrogens is 1. The molecular weight excluding hydrogens is 393 g/mol. The van der Waals surface area contributed by atoms with Crippen LogP contribution in [0.15, 0.2) is 60.7 Å². The average molecular weight is 414 g/mol. The molecule has 4 nitrogen and oxygen atoms in total. The van der Waals surface area contributed by atoms with Crippen LogP contribution < -0.4 is 10.1 Å². The fourth-order valence-corrected chi connectivity index (χ4v) is 2.90. The minimum Gasteiger partial charge on any atom is -0.457 e. The highest BCUT2D eigenvalue weighted by Gasteiger charge is 2.30. The summed E-state index contributed by atoms with van der Waals surface area (Å²) >= 11 is 0. The highest BCUT2D eigenvalue weighted by atomic mass is 19.4. The van der Waals surface area contributed by atoms with Crippen molar-refractivity contribution < 1.29 is 22.7 Å². The number of rotatable bonds is 6. The smallest absolute Gasteiger partial charge is 0.416 e. The molecule has 0 aliphatic rings. The summed E-state index contributed by atoms with van der Waals surface area (Å²) in [6, 6.07) is 14.6. The molecule has 0 fully saturated rings. The molecule has 0 bridgehead atoms. The Morgan fingerprint density at radius 1 is 0.967 bits per heavy atom. The van der Waals surface area contributed by atoms with Gasteiger partial charge in [0.05, 0.1) is 16.8 Å². The van der Waals surface area contributed by atoms with Gasteiger partial charge in [0.15, 0.2) is 0 Å². The van der Waals surface area contributed by atoms with Crippen molar-refractivity contribution >= 4 is 11.6 Å². The molecule has 0 saturated carbocycles. The van der Waals surface area contributed by atoms with Crippen molar-refractivity contribution in [1.29, 1.82) is 0 Å². The third-order valence-corrected chi connectivity index (χ3v) is 4.42. The molecule has 0 atom stereocenters. The van der Waals surface area contributed by atoms with Crippen LogP contribution in [0, 0.1) is 6.92 Å². The van der Waals surface area contributed by atoms with E-state index in [0.29, 0.717) is 22.7 Å². The number of halogens is 3. The van der Waals surface area contributed by atoms with Gasteiger partial charge in [-0.05, 0) is 74.0 Å². The SMILES string of the molecule is CCCc1ccc(C(=O)Nc2ccc(Oc3ccc(C(F)(F)F)cc3)cc2)c(C)n1. The molecule has 156 valence electrons. The number of aryl methyl sites for hydroxylation is 2. The Bertz CT molecular complexity index is 1010. The molecule has 0 unspecified atom stereocenters. The van der Waals surface area contributed by atoms with Crippen molar-refractivity contribution in [1.82, 2.24) is 4.98 Å². The van der Waals surface area contributed by atoms with E-state index in [1.165, 1.54) is 12.1 Å². The zero-order chi connectivity index (χ0) is 21.7. The van der Waals surface area contributed by atoms with Crippen LogP contribution in [0.2, 0.25) is 0 Å². The van der Waals surface area contributed by atoms with Crippen molar-refractivity contribution in [2.45, 2.75) is 32.9 Å². The first-order valence-corrected chi connectivity index (χ1v) is 9.49. The van der Waals surface area contributed by atoms with E-state index >= 15 is 0 Å². The van der Waals surface area contributed by atoms with Crippen molar-refractivity contribution in [3.63, 3.8) is 0 Å². The van der Waals surface area contributed by atoms with Gasteiger partial charge in [0.25, 0.3) is 5.91 Å². The van der Waals surface area contributed by atoms with Crippen molar-refractivity contribution in [2.75, 3.05) is 5.32 Å². The van der Waals surface area contributed by atoms with E-state index in [1.807, 2.05) is 6.07 Å². The lowest BCUT2D eigenvalue weighted by atomic mass is 10.1. The Morgan fingerprint density at radius 2 is 1.57 bits per heavy atom. The molecule has 1 aromatic heterocycles. The van der Waals surface area contributed by atoms with E-state index in [9.17, 15) is 18.0 Å². The van der Waals surface area contributed by atoms with Gasteiger partial charge in [-0.1, -0.05) is 13.3 Å². The molecule has 3 rings (SSSR count). The number of carbonyl (C=O) groups excluding carboxylic acids is 1. The van der Waals surface area contributed by atoms with Crippen LogP contribution in [0.5, 0.6) is 11.5 Å². The number of benzene rings is 2. The molecule has 0 radical (unpaired) electrons. The topological polar surface area (TPSA) is 51.2 Å². The Labute approximate surface area is 172 Å². The maximum absolute atomic E-state index is 12.6. The van der Waals surface area contributed by atoms with E-state index in [2.05, 4.69) is 17.2 Å². The van der Waals surface area contributed by atoms with Gasteiger partial charge < -0.3 is 10.1 Å². The predicted molar refractivity (Wildman–Crippen MR) is 109 cm³/mol. The zero-order valence-electron chi connectivity index (χ0n) is 16.6. The Hall–Kier alpha value is -3.35. The molecule has 0 aliphatic carbocycles. The second-order valence-corrected chi connectivity index (χ2v) is 6.79. The van der Waals surface area contributed by atoms with Crippen LogP contribution in [0.4, 0.5) is 18.9 Å². The normalized spacial score (nSPS) is 11.2. The number of amides is 1. The first-order chi connectivity index (χ1) is 14.3. The molecule has 3 aromatic rings. The molecule has 1 heterocycles. The second-order valence-electron chi connectivity index (χ2n) is 6.79. The largest absolute Gasteiger partial charge is 0.457 e. The summed E-state index contributed by atoms with van der Waals surface area (Å²) in [4.78, 5) is 17.0. The van der Waals surface area contributed by atoms with E-state index in [0.717, 1.165) is 30.7 Å². The van der Waals surface area contributed by atoms with Gasteiger partial charge in [0.1, 0.15) is 11.5 Å². The van der Waals surface area contributed by atoms with Gasteiger partial charge in [-0.2, -0.15) is 13.2 Å². The predicted octanol–water partition coefficient (Wildman–Crippen LogP) is 6.41. The second kappa shape index (κ2) is 8.98. The third kappa shape index (κ3) is 5.37. The molecule has 1 N–H and O–H groups in total. The molecule has 1 amide bonds. The van der Waals surface area contributed by atoms with Crippen LogP contribution in [0.1, 0.15) is 40.7 Å². The first-order valence-electron chi connectivity index (χ1n) is 9.49. The van der Waals surface area contributed by atoms with Gasteiger partial charge in [0.2, 0.25) is 0 Å². The maximum atomic E-state index is 12.6. The number of hydrogen-bond donors (Lipinski definition) is 1. The van der Waals surface area contributed by atoms with Crippen molar-refractivity contribution in [2.24, 2.45) is 0 Å². The summed E-state index contributed by atoms with van der Waals surface area (Å²) in [5, 5.41) is 2.81. The van der Waals surface area contributed by atoms with Crippen LogP contribution in [0.25, 0.3) is 0 Å². The molecule has 0 saturated heterocycles. The number of anilines is 1. The van der Waals surface area contributed by atoms with Crippen molar-refractivity contribution in [3.8, 4) is 11.5 Å². The molecular formula is C23H21F3N2O2. The highest BCUT2D eigenvalue weighted by Crippen LogP contribution is 2.31. The number of pyridine rings is 1. The highest BCUT2D eigenvalue weighted by molar-refractivity contribution is 6.05. The lowest BCUT2D eigenvalue weighted by molar-refractivity contribution is -0.137. The van der Waals surface area contributed by atoms with Gasteiger partial charge in [0, 0.05) is 11.4 Å². The van der Waals surface area contributed by atoms with Crippen LogP contribution in [-0.4, -0.2) is 10.9 Å². The lowest BCUT2D eigenvalue weighted by Crippen LogP contribution is -2.14. The Kier molecular flexibility index (Phi) is 6.40. The van der Waals surface area contributed by atoms with Gasteiger partial charge in [-0.15, -0.1) is 0 Å². The quantitative estimate of drug-likeness (QED) is 0.507. The van der Waals surface area contributed by atoms with E-state index in [1.54, 1.807) is 37.3 Å². The van der Waals surface area contributed by atoms with Gasteiger partial charge in [-0.25, -0.2) is 0 Å². The summed E-state index contributed by atoms with van der Waals surface area (Å²) in [6.07, 6.45) is -2.54. The monoisotopic (exact) mass is 414 g/mol. The number of hydrogen-bond acceptors (Lipinski definition) is 3. The van der Waals surface area contributed by atoms with E-state index in [-0.39, 0.29) is 11.7 Å². The summed E-state index contributed by atoms with van der Waals surface area (Å²) in [7, 11) is 0. The lowest BCUT2D eigenvalue weighted by Gasteiger charge is -2.11. The minimum absolute atomic E-state index is 0.264. The van der Waals surface area contributed by atoms with E-state index in [4.69, 9.17) is 4.74 Å². The molecule has 30 heavy (non-hydrogen) atoms. The Balaban J connectivity index is 1.64. The van der Waals surface area contributed by atoms with Crippen LogP contribution in [0.3, 0.4) is 0 Å². The van der Waals surface area contributed by atoms with E-state index < -0.39 is 11.7 Å². The number of nitrogens with zero attached hydrogens (tertiary/aromatic N) is 1. The first kappa shape index (κ1) is 21.4. The number of ether oxygens (including phenoxy) is 1. The maximum Gasteiger partial charge on any atom is 0.416 e. The molecule has 7 heteroatoms. The fraction of sp³-hybridized carbons (Fsp3) is 0.217. The summed E-state index contributed by atoms with van der Waals surface area (Å²) in [5.41, 5.74) is 1.95. The Morgan fingerprint density at radius 3 is 2.10 bits per heavy atom. The van der Waals surface area contributed by atoms with Gasteiger partial charge in [-0.3, -0.25) is 9.78 Å². The summed E-state index contributed by atoms with van der Waals surface area (Å²) in [6.45, 7) is 3.87. The summed E-state index contributed by atoms with van der Waals surface area (Å²) < 4.78 is 43.4. The van der Waals surface area contributed by atoms with Crippen molar-refractivity contribution in [3.05, 3.63) is 83.2 Å². The number of carbonyl (C=O) groups is 1. The molecule has 0 aliphatic heterocycles. The van der Waals surface area contributed by atoms with Crippen LogP contribution in [-0.2, 0) is 12.6 Å². The third-order valence-electron chi connectivity index (χ3n) is 4.42. The van der Waals surface area contributed by atoms with Crippen LogP contribution >= 0.6 is 0 Å². The summed E-state index contributed by atoms with van der Waals surface area (Å²) in [5.74, 6) is 0.461. The average Bonchev–Trinajstić information content (AvgIpc) is 2.69. The molecule has 2 aromatic carbocycles. The van der Waals surface area contributed by atoms with Gasteiger partial charge >= 0.3 is 6.18 Å². The standard InChI is InChI=1S/C23H21F3N2O2/c1-3-4-17-9-14-21(15(2)27-17)22(29)28-18-7-12-20(13-8-18)30-19-10-5-16(6-11-19)23(24,25)26/h5-14H,3-4H2,1-2H3,(H,28,29). The minimum atomic E-state index is -4.39. The zero-order valence-corrected chi connectivity index (χ0v) is 16.6.